The van der Waals surface area contributed by atoms with Gasteiger partial charge < -0.3 is 9.52 Å². The fourth-order valence-electron chi connectivity index (χ4n) is 2.56. The number of halogens is 1. The molecule has 1 aromatic heterocycles. The van der Waals surface area contributed by atoms with Crippen LogP contribution in [0, 0.1) is 11.8 Å². The molecule has 3 heteroatoms. The van der Waals surface area contributed by atoms with Gasteiger partial charge in [0.1, 0.15) is 11.4 Å². The highest BCUT2D eigenvalue weighted by Gasteiger charge is 2.44. The molecule has 0 aliphatic heterocycles. The van der Waals surface area contributed by atoms with Crippen molar-refractivity contribution in [3.05, 3.63) is 22.6 Å². The second kappa shape index (κ2) is 3.95. The van der Waals surface area contributed by atoms with Gasteiger partial charge in [-0.15, -0.1) is 0 Å². The Morgan fingerprint density at radius 1 is 1.53 bits per heavy atom. The van der Waals surface area contributed by atoms with Gasteiger partial charge in [0.15, 0.2) is 0 Å². The quantitative estimate of drug-likeness (QED) is 0.846. The molecule has 3 atom stereocenters. The first kappa shape index (κ1) is 11.2. The Hall–Kier alpha value is -0.280. The minimum absolute atomic E-state index is 0.244. The molecule has 0 aromatic carbocycles. The van der Waals surface area contributed by atoms with Gasteiger partial charge in [-0.1, -0.05) is 20.3 Å². The Labute approximate surface area is 98.8 Å². The molecule has 1 aromatic rings. The minimum Gasteiger partial charge on any atom is -0.465 e. The molecule has 0 radical (unpaired) electrons. The molecule has 1 N–H and O–H groups in total. The zero-order chi connectivity index (χ0) is 11.1. The normalized spacial score (nSPS) is 36.8. The van der Waals surface area contributed by atoms with Gasteiger partial charge in [-0.3, -0.25) is 0 Å². The maximum atomic E-state index is 10.7. The molecular weight excluding hydrogens is 256 g/mol. The average molecular weight is 273 g/mol. The molecule has 1 saturated carbocycles. The zero-order valence-electron chi connectivity index (χ0n) is 9.16. The standard InChI is InChI=1S/C12H17BrO2/c1-8-4-3-6-12(14,9(8)2)11-10(13)5-7-15-11/h5,7-9,14H,3-4,6H2,1-2H3. The second-order valence-corrected chi connectivity index (χ2v) is 5.53. The van der Waals surface area contributed by atoms with Crippen LogP contribution in [-0.2, 0) is 5.60 Å². The summed E-state index contributed by atoms with van der Waals surface area (Å²) >= 11 is 3.43. The molecule has 2 nitrogen and oxygen atoms in total. The Morgan fingerprint density at radius 3 is 2.87 bits per heavy atom. The molecule has 2 rings (SSSR count). The maximum Gasteiger partial charge on any atom is 0.149 e. The third-order valence-corrected chi connectivity index (χ3v) is 4.46. The molecule has 15 heavy (non-hydrogen) atoms. The highest BCUT2D eigenvalue weighted by Crippen LogP contribution is 2.46. The van der Waals surface area contributed by atoms with E-state index in [4.69, 9.17) is 4.42 Å². The van der Waals surface area contributed by atoms with Gasteiger partial charge in [-0.25, -0.2) is 0 Å². The monoisotopic (exact) mass is 272 g/mol. The summed E-state index contributed by atoms with van der Waals surface area (Å²) in [6.45, 7) is 4.31. The first-order valence-corrected chi connectivity index (χ1v) is 6.31. The highest BCUT2D eigenvalue weighted by atomic mass is 79.9. The fraction of sp³-hybridized carbons (Fsp3) is 0.667. The molecule has 0 spiro atoms. The molecular formula is C12H17BrO2. The van der Waals surface area contributed by atoms with E-state index in [9.17, 15) is 5.11 Å². The van der Waals surface area contributed by atoms with Crippen LogP contribution in [0.1, 0.15) is 38.9 Å². The number of aliphatic hydroxyl groups is 1. The van der Waals surface area contributed by atoms with Gasteiger partial charge in [-0.2, -0.15) is 0 Å². The Bertz CT molecular complexity index is 347. The molecule has 3 unspecified atom stereocenters. The number of furan rings is 1. The van der Waals surface area contributed by atoms with E-state index in [0.717, 1.165) is 17.3 Å². The zero-order valence-corrected chi connectivity index (χ0v) is 10.8. The van der Waals surface area contributed by atoms with Crippen molar-refractivity contribution in [1.29, 1.82) is 0 Å². The Balaban J connectivity index is 2.36. The van der Waals surface area contributed by atoms with Crippen LogP contribution in [0.2, 0.25) is 0 Å². The third-order valence-electron chi connectivity index (χ3n) is 3.83. The van der Waals surface area contributed by atoms with Crippen LogP contribution in [0.3, 0.4) is 0 Å². The van der Waals surface area contributed by atoms with Crippen LogP contribution in [0.25, 0.3) is 0 Å². The van der Waals surface area contributed by atoms with E-state index in [0.29, 0.717) is 11.7 Å². The van der Waals surface area contributed by atoms with E-state index < -0.39 is 5.60 Å². The number of rotatable bonds is 1. The Kier molecular flexibility index (Phi) is 2.95. The second-order valence-electron chi connectivity index (χ2n) is 4.68. The maximum absolute atomic E-state index is 10.7. The third kappa shape index (κ3) is 1.76. The molecule has 1 aliphatic rings. The molecule has 0 bridgehead atoms. The van der Waals surface area contributed by atoms with Gasteiger partial charge >= 0.3 is 0 Å². The van der Waals surface area contributed by atoms with Crippen LogP contribution in [0.5, 0.6) is 0 Å². The lowest BCUT2D eigenvalue weighted by Crippen LogP contribution is -2.40. The van der Waals surface area contributed by atoms with Gasteiger partial charge in [0, 0.05) is 0 Å². The predicted octanol–water partition coefficient (Wildman–Crippen LogP) is 3.69. The number of hydrogen-bond acceptors (Lipinski definition) is 2. The van der Waals surface area contributed by atoms with Crippen molar-refractivity contribution in [2.24, 2.45) is 11.8 Å². The van der Waals surface area contributed by atoms with Crippen molar-refractivity contribution in [3.63, 3.8) is 0 Å². The molecule has 0 amide bonds. The predicted molar refractivity (Wildman–Crippen MR) is 62.5 cm³/mol. The lowest BCUT2D eigenvalue weighted by atomic mass is 9.69. The fourth-order valence-corrected chi connectivity index (χ4v) is 3.11. The van der Waals surface area contributed by atoms with Crippen LogP contribution >= 0.6 is 15.9 Å². The summed E-state index contributed by atoms with van der Waals surface area (Å²) in [5, 5.41) is 10.7. The largest absolute Gasteiger partial charge is 0.465 e. The van der Waals surface area contributed by atoms with Crippen LogP contribution in [0.4, 0.5) is 0 Å². The molecule has 1 fully saturated rings. The molecule has 1 aliphatic carbocycles. The van der Waals surface area contributed by atoms with Crippen molar-refractivity contribution < 1.29 is 9.52 Å². The Morgan fingerprint density at radius 2 is 2.27 bits per heavy atom. The smallest absolute Gasteiger partial charge is 0.149 e. The first-order chi connectivity index (χ1) is 7.05. The summed E-state index contributed by atoms with van der Waals surface area (Å²) in [5.74, 6) is 1.48. The van der Waals surface area contributed by atoms with Gasteiger partial charge in [0.05, 0.1) is 10.7 Å². The van der Waals surface area contributed by atoms with Gasteiger partial charge in [0.25, 0.3) is 0 Å². The lowest BCUT2D eigenvalue weighted by Gasteiger charge is -2.40. The summed E-state index contributed by atoms with van der Waals surface area (Å²) in [6, 6.07) is 1.85. The summed E-state index contributed by atoms with van der Waals surface area (Å²) in [6.07, 6.45) is 4.69. The van der Waals surface area contributed by atoms with Crippen molar-refractivity contribution in [1.82, 2.24) is 0 Å². The van der Waals surface area contributed by atoms with Crippen LogP contribution < -0.4 is 0 Å². The summed E-state index contributed by atoms with van der Waals surface area (Å²) < 4.78 is 6.31. The average Bonchev–Trinajstić information content (AvgIpc) is 2.61. The van der Waals surface area contributed by atoms with Crippen LogP contribution in [0.15, 0.2) is 21.2 Å². The first-order valence-electron chi connectivity index (χ1n) is 5.51. The van der Waals surface area contributed by atoms with Crippen molar-refractivity contribution in [2.75, 3.05) is 0 Å². The van der Waals surface area contributed by atoms with Gasteiger partial charge in [0.2, 0.25) is 0 Å². The SMILES string of the molecule is CC1CCCC(O)(c2occc2Br)C1C. The molecule has 0 saturated heterocycles. The molecule has 84 valence electrons. The van der Waals surface area contributed by atoms with Gasteiger partial charge in [-0.05, 0) is 46.7 Å². The highest BCUT2D eigenvalue weighted by molar-refractivity contribution is 9.10. The van der Waals surface area contributed by atoms with E-state index in [2.05, 4.69) is 29.8 Å². The van der Waals surface area contributed by atoms with E-state index in [1.165, 1.54) is 6.42 Å². The van der Waals surface area contributed by atoms with Crippen molar-refractivity contribution in [3.8, 4) is 0 Å². The lowest BCUT2D eigenvalue weighted by molar-refractivity contribution is -0.0845. The minimum atomic E-state index is -0.792. The van der Waals surface area contributed by atoms with E-state index in [-0.39, 0.29) is 5.92 Å². The summed E-state index contributed by atoms with van der Waals surface area (Å²) in [5.41, 5.74) is -0.792. The van der Waals surface area contributed by atoms with E-state index in [1.54, 1.807) is 6.26 Å². The van der Waals surface area contributed by atoms with Crippen molar-refractivity contribution in [2.45, 2.75) is 38.7 Å². The number of hydrogen-bond donors (Lipinski definition) is 1. The van der Waals surface area contributed by atoms with Crippen LogP contribution in [-0.4, -0.2) is 5.11 Å². The van der Waals surface area contributed by atoms with E-state index >= 15 is 0 Å². The van der Waals surface area contributed by atoms with Crippen molar-refractivity contribution >= 4 is 15.9 Å². The topological polar surface area (TPSA) is 33.4 Å². The summed E-state index contributed by atoms with van der Waals surface area (Å²) in [4.78, 5) is 0. The summed E-state index contributed by atoms with van der Waals surface area (Å²) in [7, 11) is 0. The molecule has 1 heterocycles. The van der Waals surface area contributed by atoms with E-state index in [1.807, 2.05) is 6.07 Å².